The number of aromatic nitrogens is 4. The van der Waals surface area contributed by atoms with Crippen molar-refractivity contribution in [2.24, 2.45) is 0 Å². The number of fused-ring (bicyclic) bond motifs is 3. The minimum absolute atomic E-state index is 0.0172. The second-order valence-electron chi connectivity index (χ2n) is 6.83. The van der Waals surface area contributed by atoms with Crippen molar-refractivity contribution in [3.05, 3.63) is 70.3 Å². The third-order valence-electron chi connectivity index (χ3n) is 4.81. The van der Waals surface area contributed by atoms with Crippen molar-refractivity contribution in [2.75, 3.05) is 0 Å². The van der Waals surface area contributed by atoms with Crippen molar-refractivity contribution in [1.82, 2.24) is 19.2 Å². The first-order valence-corrected chi connectivity index (χ1v) is 10.2. The van der Waals surface area contributed by atoms with Crippen LogP contribution in [-0.4, -0.2) is 19.2 Å². The normalized spacial score (nSPS) is 11.7. The second-order valence-corrected chi connectivity index (χ2v) is 7.88. The summed E-state index contributed by atoms with van der Waals surface area (Å²) in [6.45, 7) is 6.91. The molecule has 5 nitrogen and oxygen atoms in total. The molecule has 6 heteroatoms. The minimum atomic E-state index is -0.0172. The summed E-state index contributed by atoms with van der Waals surface area (Å²) in [5.74, 6) is 2.67. The third-order valence-corrected chi connectivity index (χ3v) is 5.81. The van der Waals surface area contributed by atoms with E-state index in [1.807, 2.05) is 35.6 Å². The SMILES string of the molecule is CCn1c(=O)c2ccccc2n2c(CSc3ccc(C(C)C)cc3)nnc12. The largest absolute Gasteiger partial charge is 0.277 e. The molecular formula is C21H22N4OS. The average Bonchev–Trinajstić information content (AvgIpc) is 3.11. The van der Waals surface area contributed by atoms with Gasteiger partial charge in [-0.05, 0) is 42.7 Å². The molecule has 0 radical (unpaired) electrons. The third kappa shape index (κ3) is 3.14. The smallest absolute Gasteiger partial charge is 0.262 e. The number of aryl methyl sites for hydroxylation is 1. The quantitative estimate of drug-likeness (QED) is 0.481. The Hall–Kier alpha value is -2.60. The van der Waals surface area contributed by atoms with Crippen molar-refractivity contribution in [2.45, 2.75) is 43.9 Å². The first-order chi connectivity index (χ1) is 13.1. The molecule has 2 aromatic carbocycles. The van der Waals surface area contributed by atoms with E-state index in [9.17, 15) is 4.79 Å². The van der Waals surface area contributed by atoms with E-state index in [-0.39, 0.29) is 5.56 Å². The van der Waals surface area contributed by atoms with Crippen molar-refractivity contribution >= 4 is 28.4 Å². The van der Waals surface area contributed by atoms with Crippen molar-refractivity contribution in [3.63, 3.8) is 0 Å². The molecule has 27 heavy (non-hydrogen) atoms. The van der Waals surface area contributed by atoms with Gasteiger partial charge in [0.25, 0.3) is 5.56 Å². The van der Waals surface area contributed by atoms with Crippen LogP contribution in [0, 0.1) is 0 Å². The van der Waals surface area contributed by atoms with Crippen LogP contribution in [0.25, 0.3) is 16.7 Å². The van der Waals surface area contributed by atoms with Gasteiger partial charge in [0.15, 0.2) is 0 Å². The number of rotatable bonds is 5. The lowest BCUT2D eigenvalue weighted by Gasteiger charge is -2.10. The summed E-state index contributed by atoms with van der Waals surface area (Å²) >= 11 is 1.73. The van der Waals surface area contributed by atoms with Gasteiger partial charge >= 0.3 is 0 Å². The molecule has 0 unspecified atom stereocenters. The highest BCUT2D eigenvalue weighted by molar-refractivity contribution is 7.98. The molecule has 2 heterocycles. The van der Waals surface area contributed by atoms with Crippen molar-refractivity contribution < 1.29 is 0 Å². The van der Waals surface area contributed by atoms with E-state index in [0.717, 1.165) is 11.3 Å². The molecular weight excluding hydrogens is 356 g/mol. The summed E-state index contributed by atoms with van der Waals surface area (Å²) in [5, 5.41) is 9.39. The van der Waals surface area contributed by atoms with E-state index in [4.69, 9.17) is 0 Å². The van der Waals surface area contributed by atoms with E-state index < -0.39 is 0 Å². The molecule has 4 rings (SSSR count). The number of benzene rings is 2. The fourth-order valence-corrected chi connectivity index (χ4v) is 4.10. The number of hydrogen-bond acceptors (Lipinski definition) is 4. The van der Waals surface area contributed by atoms with Crippen LogP contribution in [0.4, 0.5) is 0 Å². The molecule has 0 spiro atoms. The van der Waals surface area contributed by atoms with E-state index in [1.165, 1.54) is 10.5 Å². The van der Waals surface area contributed by atoms with Gasteiger partial charge in [-0.15, -0.1) is 22.0 Å². The predicted octanol–water partition coefficient (Wildman–Crippen LogP) is 4.48. The molecule has 0 bridgehead atoms. The maximum atomic E-state index is 12.7. The topological polar surface area (TPSA) is 52.2 Å². The monoisotopic (exact) mass is 378 g/mol. The van der Waals surface area contributed by atoms with Gasteiger partial charge in [-0.2, -0.15) is 0 Å². The van der Waals surface area contributed by atoms with E-state index >= 15 is 0 Å². The fraction of sp³-hybridized carbons (Fsp3) is 0.286. The Labute approximate surface area is 162 Å². The van der Waals surface area contributed by atoms with Crippen LogP contribution in [0.15, 0.2) is 58.2 Å². The highest BCUT2D eigenvalue weighted by Crippen LogP contribution is 2.25. The van der Waals surface area contributed by atoms with Crippen LogP contribution in [0.1, 0.15) is 38.1 Å². The second kappa shape index (κ2) is 7.19. The molecule has 138 valence electrons. The number of para-hydroxylation sites is 1. The fourth-order valence-electron chi connectivity index (χ4n) is 3.29. The molecule has 0 aliphatic rings. The molecule has 0 saturated carbocycles. The zero-order valence-electron chi connectivity index (χ0n) is 15.7. The van der Waals surface area contributed by atoms with Gasteiger partial charge in [-0.1, -0.05) is 38.1 Å². The highest BCUT2D eigenvalue weighted by Gasteiger charge is 2.15. The molecule has 0 saturated heterocycles. The summed E-state index contributed by atoms with van der Waals surface area (Å²) in [6.07, 6.45) is 0. The molecule has 2 aromatic heterocycles. The lowest BCUT2D eigenvalue weighted by atomic mass is 10.0. The first-order valence-electron chi connectivity index (χ1n) is 9.18. The zero-order chi connectivity index (χ0) is 19.0. The number of nitrogens with zero attached hydrogens (tertiary/aromatic N) is 4. The van der Waals surface area contributed by atoms with Crippen molar-refractivity contribution in [3.8, 4) is 0 Å². The summed E-state index contributed by atoms with van der Waals surface area (Å²) in [7, 11) is 0. The Morgan fingerprint density at radius 2 is 1.78 bits per heavy atom. The highest BCUT2D eigenvalue weighted by atomic mass is 32.2. The van der Waals surface area contributed by atoms with Crippen molar-refractivity contribution in [1.29, 1.82) is 0 Å². The van der Waals surface area contributed by atoms with Gasteiger partial charge in [-0.25, -0.2) is 0 Å². The van der Waals surface area contributed by atoms with Crippen LogP contribution < -0.4 is 5.56 Å². The molecule has 0 fully saturated rings. The Kier molecular flexibility index (Phi) is 4.74. The summed E-state index contributed by atoms with van der Waals surface area (Å²) in [4.78, 5) is 13.9. The summed E-state index contributed by atoms with van der Waals surface area (Å²) < 4.78 is 3.69. The molecule has 0 aliphatic heterocycles. The minimum Gasteiger partial charge on any atom is -0.277 e. The molecule has 4 aromatic rings. The van der Waals surface area contributed by atoms with Crippen LogP contribution in [-0.2, 0) is 12.3 Å². The Balaban J connectivity index is 1.74. The standard InChI is InChI=1S/C21H22N4OS/c1-4-24-20(26)17-7-5-6-8-18(17)25-19(22-23-21(24)25)13-27-16-11-9-15(10-12-16)14(2)3/h5-12,14H,4,13H2,1-3H3. The first kappa shape index (κ1) is 17.8. The maximum absolute atomic E-state index is 12.7. The van der Waals surface area contributed by atoms with E-state index in [1.54, 1.807) is 16.3 Å². The molecule has 0 N–H and O–H groups in total. The maximum Gasteiger partial charge on any atom is 0.262 e. The van der Waals surface area contributed by atoms with Gasteiger partial charge in [0.1, 0.15) is 5.82 Å². The average molecular weight is 379 g/mol. The number of hydrogen-bond donors (Lipinski definition) is 0. The van der Waals surface area contributed by atoms with Gasteiger partial charge in [0.05, 0.1) is 16.7 Å². The van der Waals surface area contributed by atoms with Gasteiger partial charge in [-0.3, -0.25) is 13.8 Å². The van der Waals surface area contributed by atoms with Crippen LogP contribution in [0.5, 0.6) is 0 Å². The molecule has 0 amide bonds. The lowest BCUT2D eigenvalue weighted by Crippen LogP contribution is -2.22. The molecule has 0 atom stereocenters. The van der Waals surface area contributed by atoms with Gasteiger partial charge in [0, 0.05) is 11.4 Å². The number of thioether (sulfide) groups is 1. The Morgan fingerprint density at radius 1 is 1.04 bits per heavy atom. The van der Waals surface area contributed by atoms with E-state index in [0.29, 0.717) is 29.4 Å². The van der Waals surface area contributed by atoms with Gasteiger partial charge in [0.2, 0.25) is 5.78 Å². The van der Waals surface area contributed by atoms with Crippen LogP contribution in [0.2, 0.25) is 0 Å². The lowest BCUT2D eigenvalue weighted by molar-refractivity contribution is 0.735. The van der Waals surface area contributed by atoms with E-state index in [2.05, 4.69) is 48.3 Å². The summed E-state index contributed by atoms with van der Waals surface area (Å²) in [6, 6.07) is 16.3. The molecule has 0 aliphatic carbocycles. The van der Waals surface area contributed by atoms with Gasteiger partial charge < -0.3 is 0 Å². The predicted molar refractivity (Wildman–Crippen MR) is 111 cm³/mol. The van der Waals surface area contributed by atoms with Crippen LogP contribution in [0.3, 0.4) is 0 Å². The zero-order valence-corrected chi connectivity index (χ0v) is 16.5. The Morgan fingerprint density at radius 3 is 2.48 bits per heavy atom. The summed E-state index contributed by atoms with van der Waals surface area (Å²) in [5.41, 5.74) is 2.18. The Bertz CT molecular complexity index is 1160. The van der Waals surface area contributed by atoms with Crippen LogP contribution >= 0.6 is 11.8 Å².